The molecule has 1 aromatic carbocycles. The van der Waals surface area contributed by atoms with Crippen LogP contribution in [0, 0.1) is 5.82 Å². The van der Waals surface area contributed by atoms with Gasteiger partial charge in [-0.1, -0.05) is 0 Å². The van der Waals surface area contributed by atoms with Crippen molar-refractivity contribution in [1.82, 2.24) is 9.55 Å². The number of hydrogen-bond donors (Lipinski definition) is 0. The molecule has 82 valence electrons. The molecule has 0 aliphatic rings. The number of halogens is 1. The molecule has 0 N–H and O–H groups in total. The summed E-state index contributed by atoms with van der Waals surface area (Å²) in [5, 5.41) is 0. The first-order chi connectivity index (χ1) is 7.76. The van der Waals surface area contributed by atoms with Crippen LogP contribution < -0.4 is 0 Å². The highest BCUT2D eigenvalue weighted by atomic mass is 19.1. The van der Waals surface area contributed by atoms with E-state index in [1.807, 2.05) is 11.5 Å². The van der Waals surface area contributed by atoms with Gasteiger partial charge in [0.15, 0.2) is 6.29 Å². The molecule has 0 amide bonds. The fraction of sp³-hybridized carbons (Fsp3) is 0.167. The Labute approximate surface area is 92.5 Å². The van der Waals surface area contributed by atoms with Gasteiger partial charge >= 0.3 is 0 Å². The third-order valence-corrected chi connectivity index (χ3v) is 2.44. The van der Waals surface area contributed by atoms with E-state index in [0.717, 1.165) is 6.54 Å². The molecular weight excluding hydrogens is 207 g/mol. The fourth-order valence-electron chi connectivity index (χ4n) is 1.63. The molecule has 0 atom stereocenters. The van der Waals surface area contributed by atoms with Gasteiger partial charge in [0, 0.05) is 30.1 Å². The van der Waals surface area contributed by atoms with Crippen LogP contribution >= 0.6 is 0 Å². The Kier molecular flexibility index (Phi) is 2.81. The second-order valence-corrected chi connectivity index (χ2v) is 3.39. The predicted octanol–water partition coefficient (Wildman–Crippen LogP) is 2.52. The van der Waals surface area contributed by atoms with Crippen molar-refractivity contribution in [2.45, 2.75) is 13.5 Å². The Hall–Kier alpha value is -1.97. The van der Waals surface area contributed by atoms with Gasteiger partial charge in [0.25, 0.3) is 0 Å². The summed E-state index contributed by atoms with van der Waals surface area (Å²) in [5.74, 6) is 0.246. The second kappa shape index (κ2) is 4.26. The van der Waals surface area contributed by atoms with E-state index in [0.29, 0.717) is 23.2 Å². The van der Waals surface area contributed by atoms with Crippen LogP contribution in [0.25, 0.3) is 11.4 Å². The number of aldehydes is 1. The number of rotatable bonds is 3. The highest BCUT2D eigenvalue weighted by Gasteiger charge is 2.10. The second-order valence-electron chi connectivity index (χ2n) is 3.39. The Morgan fingerprint density at radius 1 is 1.50 bits per heavy atom. The summed E-state index contributed by atoms with van der Waals surface area (Å²) < 4.78 is 15.0. The van der Waals surface area contributed by atoms with Crippen LogP contribution in [0.3, 0.4) is 0 Å². The predicted molar refractivity (Wildman–Crippen MR) is 58.7 cm³/mol. The van der Waals surface area contributed by atoms with Crippen LogP contribution in [0.2, 0.25) is 0 Å². The number of benzene rings is 1. The molecule has 4 heteroatoms. The first-order valence-electron chi connectivity index (χ1n) is 5.02. The van der Waals surface area contributed by atoms with Crippen molar-refractivity contribution >= 4 is 6.29 Å². The van der Waals surface area contributed by atoms with Gasteiger partial charge in [-0.3, -0.25) is 4.79 Å². The maximum absolute atomic E-state index is 13.2. The molecule has 0 saturated carbocycles. The average molecular weight is 218 g/mol. The van der Waals surface area contributed by atoms with Crippen LogP contribution in [0.1, 0.15) is 17.3 Å². The van der Waals surface area contributed by atoms with E-state index in [1.165, 1.54) is 18.2 Å². The van der Waals surface area contributed by atoms with Gasteiger partial charge in [0.1, 0.15) is 11.6 Å². The highest BCUT2D eigenvalue weighted by molar-refractivity contribution is 5.85. The Morgan fingerprint density at radius 3 is 3.00 bits per heavy atom. The SMILES string of the molecule is CCn1ccnc1-c1cc(F)ccc1C=O. The van der Waals surface area contributed by atoms with E-state index in [2.05, 4.69) is 4.98 Å². The number of nitrogens with zero attached hydrogens (tertiary/aromatic N) is 2. The Morgan fingerprint density at radius 2 is 2.31 bits per heavy atom. The first kappa shape index (κ1) is 10.5. The van der Waals surface area contributed by atoms with Crippen LogP contribution in [0.4, 0.5) is 4.39 Å². The van der Waals surface area contributed by atoms with Crippen LogP contribution in [-0.2, 0) is 6.54 Å². The minimum Gasteiger partial charge on any atom is -0.331 e. The summed E-state index contributed by atoms with van der Waals surface area (Å²) in [5.41, 5.74) is 0.976. The number of carbonyl (C=O) groups is 1. The molecule has 1 heterocycles. The highest BCUT2D eigenvalue weighted by Crippen LogP contribution is 2.22. The van der Waals surface area contributed by atoms with Crippen LogP contribution in [0.5, 0.6) is 0 Å². The molecule has 1 aromatic heterocycles. The van der Waals surface area contributed by atoms with Gasteiger partial charge in [-0.15, -0.1) is 0 Å². The monoisotopic (exact) mass is 218 g/mol. The van der Waals surface area contributed by atoms with Crippen LogP contribution in [0.15, 0.2) is 30.6 Å². The van der Waals surface area contributed by atoms with E-state index in [1.54, 1.807) is 12.4 Å². The molecule has 2 aromatic rings. The van der Waals surface area contributed by atoms with Crippen molar-refractivity contribution in [2.24, 2.45) is 0 Å². The third-order valence-electron chi connectivity index (χ3n) is 2.44. The van der Waals surface area contributed by atoms with Crippen LogP contribution in [-0.4, -0.2) is 15.8 Å². The van der Waals surface area contributed by atoms with Crippen molar-refractivity contribution in [1.29, 1.82) is 0 Å². The number of aromatic nitrogens is 2. The van der Waals surface area contributed by atoms with Gasteiger partial charge in [-0.05, 0) is 25.1 Å². The van der Waals surface area contributed by atoms with Gasteiger partial charge in [0.2, 0.25) is 0 Å². The van der Waals surface area contributed by atoms with Gasteiger partial charge in [0.05, 0.1) is 0 Å². The lowest BCUT2D eigenvalue weighted by Gasteiger charge is -2.07. The summed E-state index contributed by atoms with van der Waals surface area (Å²) >= 11 is 0. The maximum atomic E-state index is 13.2. The zero-order chi connectivity index (χ0) is 11.5. The van der Waals surface area contributed by atoms with Crippen molar-refractivity contribution in [3.63, 3.8) is 0 Å². The minimum absolute atomic E-state index is 0.369. The normalized spacial score (nSPS) is 10.4. The standard InChI is InChI=1S/C12H11FN2O/c1-2-15-6-5-14-12(15)11-7-10(13)4-3-9(11)8-16/h3-8H,2H2,1H3. The topological polar surface area (TPSA) is 34.9 Å². The molecule has 0 unspecified atom stereocenters. The van der Waals surface area contributed by atoms with Crippen molar-refractivity contribution in [3.05, 3.63) is 42.0 Å². The molecule has 0 spiro atoms. The summed E-state index contributed by atoms with van der Waals surface area (Å²) in [7, 11) is 0. The smallest absolute Gasteiger partial charge is 0.150 e. The first-order valence-corrected chi connectivity index (χ1v) is 5.02. The van der Waals surface area contributed by atoms with Crippen molar-refractivity contribution in [3.8, 4) is 11.4 Å². The Bertz CT molecular complexity index is 519. The lowest BCUT2D eigenvalue weighted by Crippen LogP contribution is -1.99. The quantitative estimate of drug-likeness (QED) is 0.742. The number of aryl methyl sites for hydroxylation is 1. The van der Waals surface area contributed by atoms with Gasteiger partial charge < -0.3 is 4.57 Å². The molecule has 0 bridgehead atoms. The molecule has 0 saturated heterocycles. The lowest BCUT2D eigenvalue weighted by atomic mass is 10.1. The van der Waals surface area contributed by atoms with E-state index in [-0.39, 0.29) is 5.82 Å². The number of hydrogen-bond acceptors (Lipinski definition) is 2. The van der Waals surface area contributed by atoms with Crippen molar-refractivity contribution < 1.29 is 9.18 Å². The summed E-state index contributed by atoms with van der Waals surface area (Å²) in [6.45, 7) is 2.69. The van der Waals surface area contributed by atoms with E-state index in [4.69, 9.17) is 0 Å². The molecule has 2 rings (SSSR count). The number of carbonyl (C=O) groups excluding carboxylic acids is 1. The minimum atomic E-state index is -0.369. The summed E-state index contributed by atoms with van der Waals surface area (Å²) in [4.78, 5) is 15.0. The summed E-state index contributed by atoms with van der Waals surface area (Å²) in [6.07, 6.45) is 4.15. The molecule has 3 nitrogen and oxygen atoms in total. The number of imidazole rings is 1. The van der Waals surface area contributed by atoms with E-state index >= 15 is 0 Å². The van der Waals surface area contributed by atoms with Crippen molar-refractivity contribution in [2.75, 3.05) is 0 Å². The molecule has 0 radical (unpaired) electrons. The molecule has 0 aliphatic heterocycles. The zero-order valence-electron chi connectivity index (χ0n) is 8.85. The van der Waals surface area contributed by atoms with E-state index in [9.17, 15) is 9.18 Å². The third kappa shape index (κ3) is 1.74. The van der Waals surface area contributed by atoms with Gasteiger partial charge in [-0.2, -0.15) is 0 Å². The Balaban J connectivity index is 2.62. The summed E-state index contributed by atoms with van der Waals surface area (Å²) in [6, 6.07) is 4.07. The maximum Gasteiger partial charge on any atom is 0.150 e. The molecule has 16 heavy (non-hydrogen) atoms. The largest absolute Gasteiger partial charge is 0.331 e. The fourth-order valence-corrected chi connectivity index (χ4v) is 1.63. The lowest BCUT2D eigenvalue weighted by molar-refractivity contribution is 0.112. The average Bonchev–Trinajstić information content (AvgIpc) is 2.76. The van der Waals surface area contributed by atoms with Gasteiger partial charge in [-0.25, -0.2) is 9.37 Å². The molecule has 0 aliphatic carbocycles. The molecular formula is C12H11FN2O. The van der Waals surface area contributed by atoms with E-state index < -0.39 is 0 Å². The zero-order valence-corrected chi connectivity index (χ0v) is 8.85. The molecule has 0 fully saturated rings.